The molecule has 0 unspecified atom stereocenters. The third-order valence-corrected chi connectivity index (χ3v) is 6.31. The molecule has 1 aliphatic heterocycles. The molecule has 2 aromatic carbocycles. The summed E-state index contributed by atoms with van der Waals surface area (Å²) in [7, 11) is 0. The maximum absolute atomic E-state index is 13.9. The predicted octanol–water partition coefficient (Wildman–Crippen LogP) is 5.23. The zero-order valence-electron chi connectivity index (χ0n) is 19.6. The summed E-state index contributed by atoms with van der Waals surface area (Å²) in [5.74, 6) is -0.519. The van der Waals surface area contributed by atoms with Crippen LogP contribution in [0.4, 0.5) is 4.39 Å². The van der Waals surface area contributed by atoms with E-state index in [0.29, 0.717) is 57.8 Å². The number of hydrogen-bond acceptors (Lipinski definition) is 5. The maximum atomic E-state index is 13.9. The summed E-state index contributed by atoms with van der Waals surface area (Å²) < 4.78 is 24.8. The smallest absolute Gasteiger partial charge is 0.251 e. The molecule has 1 fully saturated rings. The van der Waals surface area contributed by atoms with Crippen LogP contribution in [0.15, 0.2) is 53.2 Å². The number of halogens is 1. The highest BCUT2D eigenvalue weighted by molar-refractivity contribution is 6.19. The van der Waals surface area contributed by atoms with Crippen molar-refractivity contribution in [3.63, 3.8) is 0 Å². The summed E-state index contributed by atoms with van der Waals surface area (Å²) >= 11 is 0. The van der Waals surface area contributed by atoms with Crippen molar-refractivity contribution in [1.82, 2.24) is 15.5 Å². The first-order chi connectivity index (χ1) is 16.9. The Morgan fingerprint density at radius 1 is 1.14 bits per heavy atom. The molecule has 1 aliphatic rings. The molecule has 0 atom stereocenters. The molecule has 8 heteroatoms. The number of rotatable bonds is 6. The van der Waals surface area contributed by atoms with E-state index in [2.05, 4.69) is 15.5 Å². The highest BCUT2D eigenvalue weighted by Gasteiger charge is 2.28. The molecular formula is C27H26FN3O4. The summed E-state index contributed by atoms with van der Waals surface area (Å²) in [6.45, 7) is 5.10. The van der Waals surface area contributed by atoms with Crippen LogP contribution in [0.5, 0.6) is 0 Å². The molecule has 1 saturated heterocycles. The number of hydrogen-bond donors (Lipinski definition) is 2. The van der Waals surface area contributed by atoms with Gasteiger partial charge in [0.15, 0.2) is 5.76 Å². The van der Waals surface area contributed by atoms with Gasteiger partial charge in [-0.05, 0) is 37.1 Å². The second-order valence-electron chi connectivity index (χ2n) is 9.09. The van der Waals surface area contributed by atoms with E-state index in [-0.39, 0.29) is 23.7 Å². The topological polar surface area (TPSA) is 97.2 Å². The van der Waals surface area contributed by atoms with Crippen molar-refractivity contribution in [3.05, 3.63) is 76.9 Å². The highest BCUT2D eigenvalue weighted by atomic mass is 19.1. The van der Waals surface area contributed by atoms with E-state index in [1.165, 1.54) is 12.1 Å². The minimum Gasteiger partial charge on any atom is -0.381 e. The second-order valence-corrected chi connectivity index (χ2v) is 9.09. The lowest BCUT2D eigenvalue weighted by molar-refractivity contribution is 0.0696. The van der Waals surface area contributed by atoms with Crippen molar-refractivity contribution in [1.29, 1.82) is 0 Å². The Morgan fingerprint density at radius 2 is 1.94 bits per heavy atom. The lowest BCUT2D eigenvalue weighted by Crippen LogP contribution is -2.38. The van der Waals surface area contributed by atoms with Gasteiger partial charge in [0.05, 0.1) is 5.56 Å². The van der Waals surface area contributed by atoms with Crippen LogP contribution in [-0.2, 0) is 4.74 Å². The normalized spacial score (nSPS) is 14.5. The summed E-state index contributed by atoms with van der Waals surface area (Å²) in [6.07, 6.45) is 3.21. The minimum atomic E-state index is -0.423. The molecular weight excluding hydrogens is 449 g/mol. The average Bonchev–Trinajstić information content (AvgIpc) is 3.49. The van der Waals surface area contributed by atoms with Gasteiger partial charge in [-0.25, -0.2) is 4.39 Å². The van der Waals surface area contributed by atoms with Crippen LogP contribution in [0.2, 0.25) is 0 Å². The van der Waals surface area contributed by atoms with Crippen LogP contribution in [-0.4, -0.2) is 41.1 Å². The fourth-order valence-electron chi connectivity index (χ4n) is 4.45. The average molecular weight is 476 g/mol. The molecule has 180 valence electrons. The molecule has 35 heavy (non-hydrogen) atoms. The van der Waals surface area contributed by atoms with Gasteiger partial charge in [-0.2, -0.15) is 0 Å². The van der Waals surface area contributed by atoms with E-state index in [9.17, 15) is 14.0 Å². The van der Waals surface area contributed by atoms with Gasteiger partial charge < -0.3 is 19.6 Å². The van der Waals surface area contributed by atoms with Gasteiger partial charge in [0.1, 0.15) is 11.5 Å². The summed E-state index contributed by atoms with van der Waals surface area (Å²) in [5.41, 5.74) is 2.70. The van der Waals surface area contributed by atoms with Gasteiger partial charge in [0.25, 0.3) is 5.91 Å². The summed E-state index contributed by atoms with van der Waals surface area (Å²) in [5, 5.41) is 7.85. The molecule has 3 heterocycles. The van der Waals surface area contributed by atoms with Crippen molar-refractivity contribution in [2.75, 3.05) is 13.2 Å². The van der Waals surface area contributed by atoms with Crippen LogP contribution >= 0.6 is 0 Å². The Bertz CT molecular complexity index is 1400. The second kappa shape index (κ2) is 9.46. The van der Waals surface area contributed by atoms with Gasteiger partial charge in [-0.15, -0.1) is 0 Å². The van der Waals surface area contributed by atoms with Crippen LogP contribution in [0.1, 0.15) is 64.6 Å². The van der Waals surface area contributed by atoms with Crippen LogP contribution in [0.3, 0.4) is 0 Å². The SMILES string of the molecule is CC(C)c1onc(-c2cccc(F)c2)c1C(=O)c1c[nH]c2cc(C(=O)NC3CCOCC3)ccc12. The lowest BCUT2D eigenvalue weighted by atomic mass is 9.94. The molecule has 1 amide bonds. The molecule has 4 aromatic rings. The number of H-pyrrole nitrogens is 1. The molecule has 0 saturated carbocycles. The molecule has 0 bridgehead atoms. The number of carbonyl (C=O) groups is 2. The zero-order chi connectivity index (χ0) is 24.5. The summed E-state index contributed by atoms with van der Waals surface area (Å²) in [4.78, 5) is 29.6. The Labute approximate surface area is 201 Å². The van der Waals surface area contributed by atoms with E-state index in [1.807, 2.05) is 13.8 Å². The van der Waals surface area contributed by atoms with Crippen molar-refractivity contribution in [3.8, 4) is 11.3 Å². The Balaban J connectivity index is 1.49. The molecule has 7 nitrogen and oxygen atoms in total. The predicted molar refractivity (Wildman–Crippen MR) is 129 cm³/mol. The quantitative estimate of drug-likeness (QED) is 0.373. The fourth-order valence-corrected chi connectivity index (χ4v) is 4.45. The van der Waals surface area contributed by atoms with Gasteiger partial charge >= 0.3 is 0 Å². The molecule has 2 N–H and O–H groups in total. The van der Waals surface area contributed by atoms with E-state index < -0.39 is 5.82 Å². The van der Waals surface area contributed by atoms with E-state index in [0.717, 1.165) is 12.8 Å². The minimum absolute atomic E-state index is 0.0945. The van der Waals surface area contributed by atoms with Gasteiger partial charge in [-0.3, -0.25) is 9.59 Å². The molecule has 0 aliphatic carbocycles. The molecule has 0 spiro atoms. The first-order valence-corrected chi connectivity index (χ1v) is 11.7. The fraction of sp³-hybridized carbons (Fsp3) is 0.296. The van der Waals surface area contributed by atoms with Gasteiger partial charge in [-0.1, -0.05) is 37.2 Å². The number of nitrogens with zero attached hydrogens (tertiary/aromatic N) is 1. The number of benzene rings is 2. The summed E-state index contributed by atoms with van der Waals surface area (Å²) in [6, 6.07) is 11.2. The third-order valence-electron chi connectivity index (χ3n) is 6.31. The lowest BCUT2D eigenvalue weighted by Gasteiger charge is -2.23. The number of fused-ring (bicyclic) bond motifs is 1. The number of amides is 1. The van der Waals surface area contributed by atoms with Crippen molar-refractivity contribution >= 4 is 22.6 Å². The van der Waals surface area contributed by atoms with Crippen LogP contribution < -0.4 is 5.32 Å². The number of ether oxygens (including phenoxy) is 1. The van der Waals surface area contributed by atoms with E-state index in [4.69, 9.17) is 9.26 Å². The standard InChI is InChI=1S/C27H26FN3O4/c1-15(2)26-23(24(31-35-26)16-4-3-5-18(28)12-16)25(32)21-14-29-22-13-17(6-7-20(21)22)27(33)30-19-8-10-34-11-9-19/h3-7,12-15,19,29H,8-11H2,1-2H3,(H,30,33). The monoisotopic (exact) mass is 475 g/mol. The number of ketones is 1. The van der Waals surface area contributed by atoms with Crippen molar-refractivity contribution in [2.24, 2.45) is 0 Å². The van der Waals surface area contributed by atoms with Gasteiger partial charge in [0.2, 0.25) is 5.78 Å². The van der Waals surface area contributed by atoms with Crippen LogP contribution in [0.25, 0.3) is 22.2 Å². The maximum Gasteiger partial charge on any atom is 0.251 e. The van der Waals surface area contributed by atoms with Crippen LogP contribution in [0, 0.1) is 5.82 Å². The Morgan fingerprint density at radius 3 is 2.69 bits per heavy atom. The number of aromatic nitrogens is 2. The first-order valence-electron chi connectivity index (χ1n) is 11.7. The Hall–Kier alpha value is -3.78. The third kappa shape index (κ3) is 4.49. The van der Waals surface area contributed by atoms with Gasteiger partial charge in [0, 0.05) is 59.0 Å². The molecule has 2 aromatic heterocycles. The number of aromatic amines is 1. The number of nitrogens with one attached hydrogen (secondary N) is 2. The number of carbonyl (C=O) groups excluding carboxylic acids is 2. The zero-order valence-corrected chi connectivity index (χ0v) is 19.6. The van der Waals surface area contributed by atoms with E-state index in [1.54, 1.807) is 36.5 Å². The molecule has 5 rings (SSSR count). The highest BCUT2D eigenvalue weighted by Crippen LogP contribution is 2.33. The molecule has 0 radical (unpaired) electrons. The first kappa shape index (κ1) is 23.0. The largest absolute Gasteiger partial charge is 0.381 e. The Kier molecular flexibility index (Phi) is 6.21. The van der Waals surface area contributed by atoms with Crippen molar-refractivity contribution < 1.29 is 23.2 Å². The van der Waals surface area contributed by atoms with E-state index >= 15 is 0 Å². The van der Waals surface area contributed by atoms with Crippen molar-refractivity contribution in [2.45, 2.75) is 38.6 Å².